The van der Waals surface area contributed by atoms with Crippen molar-refractivity contribution >= 4 is 21.9 Å². The summed E-state index contributed by atoms with van der Waals surface area (Å²) in [7, 11) is 1.66. The van der Waals surface area contributed by atoms with Gasteiger partial charge in [0.25, 0.3) is 0 Å². The number of fused-ring (bicyclic) bond motifs is 1. The van der Waals surface area contributed by atoms with Crippen molar-refractivity contribution in [2.24, 2.45) is 11.1 Å². The van der Waals surface area contributed by atoms with Gasteiger partial charge in [-0.15, -0.1) is 10.2 Å². The van der Waals surface area contributed by atoms with Crippen LogP contribution in [0.2, 0.25) is 0 Å². The normalized spacial score (nSPS) is 21.8. The quantitative estimate of drug-likeness (QED) is 0.836. The van der Waals surface area contributed by atoms with Crippen molar-refractivity contribution in [2.75, 3.05) is 25.1 Å². The Balaban J connectivity index is 1.52. The number of methoxy groups -OCH3 is 1. The Hall–Kier alpha value is -1.80. The Morgan fingerprint density at radius 3 is 2.71 bits per heavy atom. The largest absolute Gasteiger partial charge is 0.495 e. The van der Waals surface area contributed by atoms with E-state index in [0.717, 1.165) is 49.4 Å². The van der Waals surface area contributed by atoms with Crippen LogP contribution < -0.4 is 15.4 Å². The Labute approximate surface area is 148 Å². The highest BCUT2D eigenvalue weighted by Crippen LogP contribution is 2.50. The summed E-state index contributed by atoms with van der Waals surface area (Å²) in [5.74, 6) is 1.45. The molecule has 126 valence electrons. The molecule has 1 atom stereocenters. The number of nitrogens with zero attached hydrogens (tertiary/aromatic N) is 5. The fourth-order valence-electron chi connectivity index (χ4n) is 3.83. The maximum atomic E-state index is 6.62. The van der Waals surface area contributed by atoms with Gasteiger partial charge in [-0.2, -0.15) is 0 Å². The lowest BCUT2D eigenvalue weighted by Gasteiger charge is -2.41. The number of nitrogens with two attached hydrogens (primary N) is 1. The molecule has 0 radical (unpaired) electrons. The molecule has 1 saturated heterocycles. The molecule has 24 heavy (non-hydrogen) atoms. The molecule has 2 aromatic rings. The number of hydrogen-bond donors (Lipinski definition) is 1. The van der Waals surface area contributed by atoms with Crippen LogP contribution >= 0.6 is 15.9 Å². The minimum Gasteiger partial charge on any atom is -0.495 e. The van der Waals surface area contributed by atoms with Gasteiger partial charge < -0.3 is 15.4 Å². The predicted molar refractivity (Wildman–Crippen MR) is 92.8 cm³/mol. The summed E-state index contributed by atoms with van der Waals surface area (Å²) in [4.78, 5) is 11.1. The van der Waals surface area contributed by atoms with Gasteiger partial charge in [0.1, 0.15) is 10.4 Å². The second kappa shape index (κ2) is 5.93. The van der Waals surface area contributed by atoms with Crippen LogP contribution in [0.15, 0.2) is 23.1 Å². The number of piperidine rings is 1. The summed E-state index contributed by atoms with van der Waals surface area (Å²) in [6, 6.07) is 2.04. The third-order valence-electron chi connectivity index (χ3n) is 5.29. The average molecular weight is 391 g/mol. The second-order valence-corrected chi connectivity index (χ2v) is 7.31. The fraction of sp³-hybridized carbons (Fsp3) is 0.500. The smallest absolute Gasteiger partial charge is 0.245 e. The van der Waals surface area contributed by atoms with Gasteiger partial charge in [-0.1, -0.05) is 0 Å². The summed E-state index contributed by atoms with van der Waals surface area (Å²) in [5.41, 5.74) is 8.93. The van der Waals surface area contributed by atoms with Crippen molar-refractivity contribution in [1.29, 1.82) is 0 Å². The van der Waals surface area contributed by atoms with Crippen molar-refractivity contribution in [3.05, 3.63) is 34.3 Å². The zero-order chi connectivity index (χ0) is 16.7. The molecule has 0 saturated carbocycles. The monoisotopic (exact) mass is 390 g/mol. The van der Waals surface area contributed by atoms with Crippen LogP contribution in [0.5, 0.6) is 5.75 Å². The molecule has 8 heteroatoms. The number of halogens is 1. The molecule has 2 N–H and O–H groups in total. The highest BCUT2D eigenvalue weighted by atomic mass is 79.9. The molecule has 0 aromatic carbocycles. The molecule has 3 heterocycles. The molecule has 1 aliphatic heterocycles. The van der Waals surface area contributed by atoms with E-state index in [1.807, 2.05) is 6.07 Å². The number of pyridine rings is 1. The van der Waals surface area contributed by atoms with E-state index in [0.29, 0.717) is 10.6 Å². The molecule has 1 spiro atoms. The van der Waals surface area contributed by atoms with Crippen molar-refractivity contribution in [3.8, 4) is 5.75 Å². The standard InChI is InChI=1S/C16H19BrN6O/c1-24-10-6-11-12(19-8-10)7-16(14(11)18)2-4-23(5-3-16)15-20-9-13(17)21-22-15/h6,8-9,14H,2-5,7,18H2,1H3. The minimum absolute atomic E-state index is 0.00112. The molecule has 2 aromatic heterocycles. The van der Waals surface area contributed by atoms with Crippen LogP contribution in [-0.4, -0.2) is 40.4 Å². The van der Waals surface area contributed by atoms with Crippen LogP contribution in [0.4, 0.5) is 5.95 Å². The van der Waals surface area contributed by atoms with Gasteiger partial charge in [0.2, 0.25) is 5.95 Å². The fourth-order valence-corrected chi connectivity index (χ4v) is 4.01. The van der Waals surface area contributed by atoms with Gasteiger partial charge in [-0.05, 0) is 52.2 Å². The van der Waals surface area contributed by atoms with Crippen LogP contribution in [0.3, 0.4) is 0 Å². The number of anilines is 1. The summed E-state index contributed by atoms with van der Waals surface area (Å²) in [6.07, 6.45) is 6.38. The first-order valence-corrected chi connectivity index (χ1v) is 8.79. The lowest BCUT2D eigenvalue weighted by molar-refractivity contribution is 0.186. The van der Waals surface area contributed by atoms with E-state index < -0.39 is 0 Å². The van der Waals surface area contributed by atoms with Crippen molar-refractivity contribution in [2.45, 2.75) is 25.3 Å². The van der Waals surface area contributed by atoms with Crippen molar-refractivity contribution in [1.82, 2.24) is 20.2 Å². The van der Waals surface area contributed by atoms with E-state index in [2.05, 4.69) is 41.0 Å². The Bertz CT molecular complexity index is 745. The van der Waals surface area contributed by atoms with E-state index in [9.17, 15) is 0 Å². The van der Waals surface area contributed by atoms with Gasteiger partial charge in [-0.3, -0.25) is 4.98 Å². The van der Waals surface area contributed by atoms with Crippen LogP contribution in [0.25, 0.3) is 0 Å². The summed E-state index contributed by atoms with van der Waals surface area (Å²) >= 11 is 3.27. The lowest BCUT2D eigenvalue weighted by atomic mass is 9.73. The Morgan fingerprint density at radius 2 is 2.04 bits per heavy atom. The van der Waals surface area contributed by atoms with E-state index in [1.165, 1.54) is 0 Å². The first-order chi connectivity index (χ1) is 11.6. The van der Waals surface area contributed by atoms with Gasteiger partial charge in [0.15, 0.2) is 0 Å². The van der Waals surface area contributed by atoms with E-state index in [1.54, 1.807) is 19.5 Å². The molecule has 0 bridgehead atoms. The Morgan fingerprint density at radius 1 is 1.25 bits per heavy atom. The van der Waals surface area contributed by atoms with Gasteiger partial charge in [-0.25, -0.2) is 4.98 Å². The molecule has 1 unspecified atom stereocenters. The average Bonchev–Trinajstić information content (AvgIpc) is 2.88. The van der Waals surface area contributed by atoms with Gasteiger partial charge >= 0.3 is 0 Å². The lowest BCUT2D eigenvalue weighted by Crippen LogP contribution is -2.45. The van der Waals surface area contributed by atoms with Crippen LogP contribution in [0.1, 0.15) is 30.1 Å². The molecular formula is C16H19BrN6O. The third kappa shape index (κ3) is 2.53. The molecule has 0 amide bonds. The topological polar surface area (TPSA) is 90.1 Å². The first-order valence-electron chi connectivity index (χ1n) is 8.00. The maximum Gasteiger partial charge on any atom is 0.245 e. The molecular weight excluding hydrogens is 372 g/mol. The van der Waals surface area contributed by atoms with E-state index in [4.69, 9.17) is 10.5 Å². The zero-order valence-electron chi connectivity index (χ0n) is 13.4. The minimum atomic E-state index is 0.00112. The van der Waals surface area contributed by atoms with Crippen molar-refractivity contribution in [3.63, 3.8) is 0 Å². The van der Waals surface area contributed by atoms with Crippen molar-refractivity contribution < 1.29 is 4.74 Å². The third-order valence-corrected chi connectivity index (χ3v) is 5.66. The van der Waals surface area contributed by atoms with Crippen LogP contribution in [0, 0.1) is 5.41 Å². The first kappa shape index (κ1) is 15.7. The van der Waals surface area contributed by atoms with Crippen LogP contribution in [-0.2, 0) is 6.42 Å². The predicted octanol–water partition coefficient (Wildman–Crippen LogP) is 1.88. The summed E-state index contributed by atoms with van der Waals surface area (Å²) < 4.78 is 5.94. The Kier molecular flexibility index (Phi) is 3.88. The number of aromatic nitrogens is 4. The summed E-state index contributed by atoms with van der Waals surface area (Å²) in [5, 5.41) is 8.18. The zero-order valence-corrected chi connectivity index (χ0v) is 15.0. The van der Waals surface area contributed by atoms with E-state index >= 15 is 0 Å². The number of rotatable bonds is 2. The van der Waals surface area contributed by atoms with E-state index in [-0.39, 0.29) is 11.5 Å². The summed E-state index contributed by atoms with van der Waals surface area (Å²) in [6.45, 7) is 1.75. The molecule has 4 rings (SSSR count). The van der Waals surface area contributed by atoms with Gasteiger partial charge in [0.05, 0.1) is 19.5 Å². The maximum absolute atomic E-state index is 6.62. The molecule has 1 aliphatic carbocycles. The highest BCUT2D eigenvalue weighted by molar-refractivity contribution is 9.10. The molecule has 2 aliphatic rings. The number of ether oxygens (including phenoxy) is 1. The second-order valence-electron chi connectivity index (χ2n) is 6.50. The molecule has 7 nitrogen and oxygen atoms in total. The van der Waals surface area contributed by atoms with Gasteiger partial charge in [0, 0.05) is 24.8 Å². The number of hydrogen-bond acceptors (Lipinski definition) is 7. The SMILES string of the molecule is COc1cnc2c(c1)C(N)C1(CCN(c3ncc(Br)nn3)CC1)C2. The highest BCUT2D eigenvalue weighted by Gasteiger charge is 2.47. The molecule has 1 fully saturated rings.